The summed E-state index contributed by atoms with van der Waals surface area (Å²) in [5.74, 6) is 0.532. The van der Waals surface area contributed by atoms with Crippen LogP contribution in [0.25, 0.3) is 0 Å². The quantitative estimate of drug-likeness (QED) is 0.663. The molecule has 1 aromatic carbocycles. The van der Waals surface area contributed by atoms with E-state index in [0.29, 0.717) is 6.54 Å². The fraction of sp³-hybridized carbons (Fsp3) is 0.478. The fourth-order valence-electron chi connectivity index (χ4n) is 4.11. The monoisotopic (exact) mass is 413 g/mol. The minimum absolute atomic E-state index is 0.0418. The molecule has 1 aliphatic heterocycles. The van der Waals surface area contributed by atoms with Crippen molar-refractivity contribution >= 4 is 17.5 Å². The van der Waals surface area contributed by atoms with Gasteiger partial charge in [-0.3, -0.25) is 14.7 Å². The minimum Gasteiger partial charge on any atom is -0.379 e. The summed E-state index contributed by atoms with van der Waals surface area (Å²) in [6.07, 6.45) is 5.43. The molecule has 154 valence electrons. The molecule has 6 heteroatoms. The molecule has 1 aliphatic carbocycles. The summed E-state index contributed by atoms with van der Waals surface area (Å²) in [6, 6.07) is 11.9. The van der Waals surface area contributed by atoms with Gasteiger partial charge in [0.2, 0.25) is 5.91 Å². The highest BCUT2D eigenvalue weighted by Gasteiger charge is 2.46. The number of pyridine rings is 1. The van der Waals surface area contributed by atoms with Crippen molar-refractivity contribution in [1.29, 1.82) is 0 Å². The zero-order chi connectivity index (χ0) is 20.1. The van der Waals surface area contributed by atoms with Crippen LogP contribution in [-0.2, 0) is 16.1 Å². The average Bonchev–Trinajstić information content (AvgIpc) is 3.55. The topological polar surface area (TPSA) is 45.7 Å². The molecule has 1 saturated heterocycles. The number of ether oxygens (including phenoxy) is 1. The molecule has 2 atom stereocenters. The van der Waals surface area contributed by atoms with Crippen molar-refractivity contribution in [2.24, 2.45) is 5.92 Å². The second-order valence-corrected chi connectivity index (χ2v) is 8.30. The molecule has 1 amide bonds. The number of amides is 1. The maximum Gasteiger partial charge on any atom is 0.226 e. The van der Waals surface area contributed by atoms with Gasteiger partial charge in [0.05, 0.1) is 13.2 Å². The van der Waals surface area contributed by atoms with E-state index >= 15 is 0 Å². The Morgan fingerprint density at radius 1 is 1.17 bits per heavy atom. The summed E-state index contributed by atoms with van der Waals surface area (Å²) in [7, 11) is 0. The minimum atomic E-state index is 0.0418. The van der Waals surface area contributed by atoms with Crippen LogP contribution in [0.4, 0.5) is 0 Å². The van der Waals surface area contributed by atoms with Crippen LogP contribution in [-0.4, -0.2) is 60.1 Å². The van der Waals surface area contributed by atoms with Crippen LogP contribution in [0.2, 0.25) is 5.02 Å². The summed E-state index contributed by atoms with van der Waals surface area (Å²) in [5.41, 5.74) is 2.22. The van der Waals surface area contributed by atoms with Gasteiger partial charge in [-0.05, 0) is 48.1 Å². The van der Waals surface area contributed by atoms with E-state index in [0.717, 1.165) is 68.4 Å². The van der Waals surface area contributed by atoms with Crippen molar-refractivity contribution in [2.75, 3.05) is 39.4 Å². The number of benzene rings is 1. The van der Waals surface area contributed by atoms with Gasteiger partial charge in [0.25, 0.3) is 0 Å². The van der Waals surface area contributed by atoms with Crippen LogP contribution in [0.5, 0.6) is 0 Å². The second kappa shape index (κ2) is 9.70. The highest BCUT2D eigenvalue weighted by atomic mass is 35.5. The van der Waals surface area contributed by atoms with Crippen molar-refractivity contribution in [3.8, 4) is 0 Å². The first-order valence-corrected chi connectivity index (χ1v) is 10.8. The number of carbonyl (C=O) groups is 1. The van der Waals surface area contributed by atoms with E-state index in [-0.39, 0.29) is 17.7 Å². The Labute approximate surface area is 177 Å². The number of hydrogen-bond acceptors (Lipinski definition) is 4. The van der Waals surface area contributed by atoms with E-state index in [2.05, 4.69) is 9.88 Å². The third-order valence-electron chi connectivity index (χ3n) is 5.85. The Morgan fingerprint density at radius 2 is 1.93 bits per heavy atom. The molecule has 4 rings (SSSR count). The van der Waals surface area contributed by atoms with Crippen molar-refractivity contribution in [1.82, 2.24) is 14.8 Å². The van der Waals surface area contributed by atoms with Crippen LogP contribution in [0.15, 0.2) is 48.8 Å². The first-order chi connectivity index (χ1) is 14.2. The number of rotatable bonds is 8. The predicted molar refractivity (Wildman–Crippen MR) is 114 cm³/mol. The molecule has 0 spiro atoms. The molecule has 0 bridgehead atoms. The lowest BCUT2D eigenvalue weighted by Crippen LogP contribution is -2.39. The molecule has 2 fully saturated rings. The number of morpholine rings is 1. The first-order valence-electron chi connectivity index (χ1n) is 10.4. The van der Waals surface area contributed by atoms with Gasteiger partial charge in [0, 0.05) is 56.1 Å². The van der Waals surface area contributed by atoms with E-state index in [1.54, 1.807) is 12.4 Å². The average molecular weight is 414 g/mol. The molecule has 2 heterocycles. The largest absolute Gasteiger partial charge is 0.379 e. The molecular weight excluding hydrogens is 386 g/mol. The number of aromatic nitrogens is 1. The molecule has 2 unspecified atom stereocenters. The Kier molecular flexibility index (Phi) is 6.80. The SMILES string of the molecule is O=C(C1CC1c1ccccc1Cl)N(CCCN1CCOCC1)Cc1ccncc1. The maximum absolute atomic E-state index is 13.3. The summed E-state index contributed by atoms with van der Waals surface area (Å²) in [6.45, 7) is 5.98. The zero-order valence-electron chi connectivity index (χ0n) is 16.7. The summed E-state index contributed by atoms with van der Waals surface area (Å²) < 4.78 is 5.42. The standard InChI is InChI=1S/C23H28ClN3O2/c24-22-5-2-1-4-19(22)20-16-21(20)23(28)27(17-18-6-8-25-9-7-18)11-3-10-26-12-14-29-15-13-26/h1-2,4-9,20-21H,3,10-17H2. The fourth-order valence-corrected chi connectivity index (χ4v) is 4.38. The lowest BCUT2D eigenvalue weighted by Gasteiger charge is -2.28. The van der Waals surface area contributed by atoms with Crippen LogP contribution in [0.1, 0.15) is 29.9 Å². The van der Waals surface area contributed by atoms with Crippen molar-refractivity contribution in [2.45, 2.75) is 25.3 Å². The molecule has 1 aromatic heterocycles. The van der Waals surface area contributed by atoms with Gasteiger partial charge < -0.3 is 9.64 Å². The summed E-state index contributed by atoms with van der Waals surface area (Å²) >= 11 is 6.36. The maximum atomic E-state index is 13.3. The molecule has 29 heavy (non-hydrogen) atoms. The van der Waals surface area contributed by atoms with Crippen molar-refractivity contribution in [3.63, 3.8) is 0 Å². The third-order valence-corrected chi connectivity index (χ3v) is 6.20. The second-order valence-electron chi connectivity index (χ2n) is 7.89. The van der Waals surface area contributed by atoms with Crippen molar-refractivity contribution in [3.05, 3.63) is 64.9 Å². The molecule has 5 nitrogen and oxygen atoms in total. The van der Waals surface area contributed by atoms with E-state index in [1.807, 2.05) is 41.3 Å². The number of halogens is 1. The number of hydrogen-bond donors (Lipinski definition) is 0. The normalized spacial score (nSPS) is 21.7. The Hall–Kier alpha value is -1.95. The Bertz CT molecular complexity index is 811. The van der Waals surface area contributed by atoms with Gasteiger partial charge in [-0.2, -0.15) is 0 Å². The van der Waals surface area contributed by atoms with Gasteiger partial charge in [0.15, 0.2) is 0 Å². The van der Waals surface area contributed by atoms with Crippen molar-refractivity contribution < 1.29 is 9.53 Å². The lowest BCUT2D eigenvalue weighted by molar-refractivity contribution is -0.133. The highest BCUT2D eigenvalue weighted by Crippen LogP contribution is 2.50. The van der Waals surface area contributed by atoms with E-state index < -0.39 is 0 Å². The smallest absolute Gasteiger partial charge is 0.226 e. The van der Waals surface area contributed by atoms with Gasteiger partial charge in [0.1, 0.15) is 0 Å². The van der Waals surface area contributed by atoms with Gasteiger partial charge in [-0.25, -0.2) is 0 Å². The van der Waals surface area contributed by atoms with Crippen LogP contribution in [0, 0.1) is 5.92 Å². The summed E-state index contributed by atoms with van der Waals surface area (Å²) in [4.78, 5) is 21.9. The molecule has 1 saturated carbocycles. The number of nitrogens with zero attached hydrogens (tertiary/aromatic N) is 3. The molecule has 0 N–H and O–H groups in total. The third kappa shape index (κ3) is 5.35. The predicted octanol–water partition coefficient (Wildman–Crippen LogP) is 3.59. The van der Waals surface area contributed by atoms with E-state index in [9.17, 15) is 4.79 Å². The van der Waals surface area contributed by atoms with Crippen LogP contribution < -0.4 is 0 Å². The summed E-state index contributed by atoms with van der Waals surface area (Å²) in [5, 5.41) is 0.765. The lowest BCUT2D eigenvalue weighted by atomic mass is 10.1. The van der Waals surface area contributed by atoms with E-state index in [4.69, 9.17) is 16.3 Å². The molecule has 0 radical (unpaired) electrons. The Balaban J connectivity index is 1.39. The first kappa shape index (κ1) is 20.3. The molecule has 2 aromatic rings. The zero-order valence-corrected chi connectivity index (χ0v) is 17.4. The van der Waals surface area contributed by atoms with Crippen LogP contribution in [0.3, 0.4) is 0 Å². The van der Waals surface area contributed by atoms with Crippen LogP contribution >= 0.6 is 11.6 Å². The van der Waals surface area contributed by atoms with Gasteiger partial charge in [-0.15, -0.1) is 0 Å². The number of carbonyl (C=O) groups excluding carboxylic acids is 1. The van der Waals surface area contributed by atoms with Gasteiger partial charge in [-0.1, -0.05) is 29.8 Å². The molecule has 2 aliphatic rings. The molecular formula is C23H28ClN3O2. The Morgan fingerprint density at radius 3 is 2.69 bits per heavy atom. The highest BCUT2D eigenvalue weighted by molar-refractivity contribution is 6.31. The van der Waals surface area contributed by atoms with Gasteiger partial charge >= 0.3 is 0 Å². The van der Waals surface area contributed by atoms with E-state index in [1.165, 1.54) is 0 Å².